The molecule has 2 aliphatic rings. The van der Waals surface area contributed by atoms with E-state index in [0.717, 1.165) is 22.6 Å². The van der Waals surface area contributed by atoms with Crippen molar-refractivity contribution in [1.82, 2.24) is 10.2 Å². The third-order valence-corrected chi connectivity index (χ3v) is 6.36. The highest BCUT2D eigenvalue weighted by Gasteiger charge is 2.48. The average Bonchev–Trinajstić information content (AvgIpc) is 3.43. The van der Waals surface area contributed by atoms with Gasteiger partial charge in [-0.3, -0.25) is 14.5 Å². The molecule has 0 bridgehead atoms. The molecule has 32 heavy (non-hydrogen) atoms. The van der Waals surface area contributed by atoms with E-state index in [9.17, 15) is 19.1 Å². The van der Waals surface area contributed by atoms with E-state index in [0.29, 0.717) is 22.6 Å². The summed E-state index contributed by atoms with van der Waals surface area (Å²) in [6.07, 6.45) is 0.698. The van der Waals surface area contributed by atoms with Crippen LogP contribution in [0.4, 0.5) is 9.52 Å². The number of benzene rings is 2. The lowest BCUT2D eigenvalue weighted by Crippen LogP contribution is -2.29. The molecule has 0 unspecified atom stereocenters. The van der Waals surface area contributed by atoms with Gasteiger partial charge in [-0.1, -0.05) is 23.5 Å². The lowest BCUT2D eigenvalue weighted by atomic mass is 9.94. The van der Waals surface area contributed by atoms with E-state index in [1.54, 1.807) is 25.1 Å². The number of rotatable bonds is 3. The number of ether oxygens (including phenoxy) is 1. The monoisotopic (exact) mass is 451 g/mol. The van der Waals surface area contributed by atoms with Crippen LogP contribution in [0.25, 0.3) is 5.76 Å². The number of carbonyl (C=O) groups is 2. The maximum absolute atomic E-state index is 13.6. The molecule has 1 saturated heterocycles. The van der Waals surface area contributed by atoms with Crippen LogP contribution in [0.15, 0.2) is 48.0 Å². The number of Topliss-reactive ketones (excluding diaryl/α,β-unsaturated/α-hetero) is 1. The molecule has 5 rings (SSSR count). The third kappa shape index (κ3) is 3.25. The zero-order valence-electron chi connectivity index (χ0n) is 17.2. The number of aryl methyl sites for hydroxylation is 1. The van der Waals surface area contributed by atoms with E-state index in [1.807, 2.05) is 6.92 Å². The van der Waals surface area contributed by atoms with Crippen LogP contribution in [0.1, 0.15) is 34.7 Å². The van der Waals surface area contributed by atoms with Crippen molar-refractivity contribution in [1.29, 1.82) is 0 Å². The molecule has 162 valence electrons. The van der Waals surface area contributed by atoms with Gasteiger partial charge in [0, 0.05) is 12.0 Å². The number of hydrogen-bond donors (Lipinski definition) is 1. The summed E-state index contributed by atoms with van der Waals surface area (Å²) in [5.41, 5.74) is 1.70. The van der Waals surface area contributed by atoms with Crippen LogP contribution in [0.2, 0.25) is 0 Å². The fourth-order valence-corrected chi connectivity index (χ4v) is 4.81. The number of aliphatic hydroxyl groups excluding tert-OH is 1. The normalized spacial score (nSPS) is 21.7. The van der Waals surface area contributed by atoms with Gasteiger partial charge in [0.15, 0.2) is 0 Å². The fourth-order valence-electron chi connectivity index (χ4n) is 4.10. The summed E-state index contributed by atoms with van der Waals surface area (Å²) in [6, 6.07) is 9.64. The number of aromatic nitrogens is 2. The average molecular weight is 451 g/mol. The van der Waals surface area contributed by atoms with E-state index in [1.165, 1.54) is 29.2 Å². The molecule has 9 heteroatoms. The van der Waals surface area contributed by atoms with Crippen molar-refractivity contribution in [3.05, 3.63) is 75.6 Å². The first-order valence-corrected chi connectivity index (χ1v) is 10.8. The second kappa shape index (κ2) is 7.52. The van der Waals surface area contributed by atoms with E-state index < -0.39 is 23.5 Å². The zero-order valence-corrected chi connectivity index (χ0v) is 18.0. The molecule has 7 nitrogen and oxygen atoms in total. The van der Waals surface area contributed by atoms with Crippen LogP contribution in [-0.2, 0) is 16.0 Å². The molecule has 0 saturated carbocycles. The molecule has 1 amide bonds. The van der Waals surface area contributed by atoms with Crippen molar-refractivity contribution < 1.29 is 23.8 Å². The number of ketones is 1. The molecular weight excluding hydrogens is 433 g/mol. The molecule has 0 spiro atoms. The lowest BCUT2D eigenvalue weighted by Gasteiger charge is -2.22. The topological polar surface area (TPSA) is 92.6 Å². The van der Waals surface area contributed by atoms with Crippen LogP contribution in [0.3, 0.4) is 0 Å². The number of hydrogen-bond acceptors (Lipinski definition) is 7. The molecule has 1 N–H and O–H groups in total. The predicted octanol–water partition coefficient (Wildman–Crippen LogP) is 3.94. The summed E-state index contributed by atoms with van der Waals surface area (Å²) in [6.45, 7) is 3.68. The molecule has 3 heterocycles. The first-order chi connectivity index (χ1) is 15.3. The van der Waals surface area contributed by atoms with Gasteiger partial charge in [-0.05, 0) is 55.3 Å². The molecular formula is C23H18FN3O4S. The summed E-state index contributed by atoms with van der Waals surface area (Å²) in [4.78, 5) is 27.3. The third-order valence-electron chi connectivity index (χ3n) is 5.52. The number of amides is 1. The summed E-state index contributed by atoms with van der Waals surface area (Å²) >= 11 is 1.15. The van der Waals surface area contributed by atoms with Crippen molar-refractivity contribution in [2.75, 3.05) is 4.90 Å². The maximum atomic E-state index is 13.6. The van der Waals surface area contributed by atoms with Gasteiger partial charge in [-0.2, -0.15) is 0 Å². The Morgan fingerprint density at radius 1 is 1.19 bits per heavy atom. The number of nitrogens with zero attached hydrogens (tertiary/aromatic N) is 3. The van der Waals surface area contributed by atoms with Gasteiger partial charge in [0.25, 0.3) is 5.78 Å². The van der Waals surface area contributed by atoms with Crippen molar-refractivity contribution in [3.8, 4) is 5.75 Å². The van der Waals surface area contributed by atoms with Gasteiger partial charge < -0.3 is 9.84 Å². The van der Waals surface area contributed by atoms with Crippen LogP contribution in [-0.4, -0.2) is 33.1 Å². The Balaban J connectivity index is 1.68. The number of carbonyl (C=O) groups excluding carboxylic acids is 2. The summed E-state index contributed by atoms with van der Waals surface area (Å²) in [5.74, 6) is -1.69. The first-order valence-electron chi connectivity index (χ1n) is 10.00. The fraction of sp³-hybridized carbons (Fsp3) is 0.217. The highest BCUT2D eigenvalue weighted by Crippen LogP contribution is 2.43. The Hall–Kier alpha value is -3.59. The SMILES string of the molecule is Cc1nnc(N2C(=O)C(=O)/C(=C(/O)c3ccc4c(c3)C[C@H](C)O4)[C@H]2c2ccc(F)cc2)s1. The van der Waals surface area contributed by atoms with Crippen molar-refractivity contribution in [2.45, 2.75) is 32.4 Å². The molecule has 1 fully saturated rings. The number of halogens is 1. The number of aliphatic hydroxyl groups is 1. The quantitative estimate of drug-likeness (QED) is 0.368. The molecule has 1 aromatic heterocycles. The van der Waals surface area contributed by atoms with Crippen molar-refractivity contribution in [3.63, 3.8) is 0 Å². The Kier molecular flexibility index (Phi) is 4.78. The van der Waals surface area contributed by atoms with Crippen molar-refractivity contribution in [2.24, 2.45) is 0 Å². The Morgan fingerprint density at radius 2 is 1.94 bits per heavy atom. The molecule has 2 aromatic carbocycles. The lowest BCUT2D eigenvalue weighted by molar-refractivity contribution is -0.132. The predicted molar refractivity (Wildman–Crippen MR) is 116 cm³/mol. The van der Waals surface area contributed by atoms with Gasteiger partial charge >= 0.3 is 5.91 Å². The largest absolute Gasteiger partial charge is 0.507 e. The Bertz CT molecular complexity index is 1280. The molecule has 3 aromatic rings. The molecule has 0 radical (unpaired) electrons. The Morgan fingerprint density at radius 3 is 2.62 bits per heavy atom. The summed E-state index contributed by atoms with van der Waals surface area (Å²) in [7, 11) is 0. The second-order valence-electron chi connectivity index (χ2n) is 7.78. The van der Waals surface area contributed by atoms with Gasteiger partial charge in [-0.25, -0.2) is 4.39 Å². The van der Waals surface area contributed by atoms with E-state index in [-0.39, 0.29) is 22.6 Å². The van der Waals surface area contributed by atoms with E-state index in [2.05, 4.69) is 10.2 Å². The second-order valence-corrected chi connectivity index (χ2v) is 8.94. The maximum Gasteiger partial charge on any atom is 0.301 e. The van der Waals surface area contributed by atoms with Gasteiger partial charge in [0.1, 0.15) is 28.4 Å². The van der Waals surface area contributed by atoms with Crippen molar-refractivity contribution >= 4 is 33.9 Å². The van der Waals surface area contributed by atoms with Crippen LogP contribution < -0.4 is 9.64 Å². The van der Waals surface area contributed by atoms with Gasteiger partial charge in [-0.15, -0.1) is 10.2 Å². The molecule has 2 aliphatic heterocycles. The van der Waals surface area contributed by atoms with E-state index >= 15 is 0 Å². The smallest absolute Gasteiger partial charge is 0.301 e. The van der Waals surface area contributed by atoms with Crippen LogP contribution in [0, 0.1) is 12.7 Å². The minimum absolute atomic E-state index is 0.0211. The summed E-state index contributed by atoms with van der Waals surface area (Å²) < 4.78 is 19.3. The van der Waals surface area contributed by atoms with Gasteiger partial charge in [0.05, 0.1) is 11.6 Å². The van der Waals surface area contributed by atoms with Crippen LogP contribution in [0.5, 0.6) is 5.75 Å². The molecule has 2 atom stereocenters. The molecule has 0 aliphatic carbocycles. The number of fused-ring (bicyclic) bond motifs is 1. The van der Waals surface area contributed by atoms with Gasteiger partial charge in [0.2, 0.25) is 5.13 Å². The summed E-state index contributed by atoms with van der Waals surface area (Å²) in [5, 5.41) is 20.0. The minimum atomic E-state index is -0.966. The highest BCUT2D eigenvalue weighted by atomic mass is 32.1. The van der Waals surface area contributed by atoms with E-state index in [4.69, 9.17) is 4.74 Å². The first kappa shape index (κ1) is 20.3. The highest BCUT2D eigenvalue weighted by molar-refractivity contribution is 7.15. The Labute approximate surface area is 186 Å². The number of anilines is 1. The minimum Gasteiger partial charge on any atom is -0.507 e. The standard InChI is InChI=1S/C23H18FN3O4S/c1-11-9-15-10-14(5-8-17(15)31-11)20(28)18-19(13-3-6-16(24)7-4-13)27(22(30)21(18)29)23-26-25-12(2)32-23/h3-8,10-11,19,28H,9H2,1-2H3/b20-18+/t11-,19+/m0/s1. The van der Waals surface area contributed by atoms with Crippen LogP contribution >= 0.6 is 11.3 Å². The zero-order chi connectivity index (χ0) is 22.6.